The predicted octanol–water partition coefficient (Wildman–Crippen LogP) is 5.25. The molecule has 0 aromatic rings. The zero-order chi connectivity index (χ0) is 14.0. The zero-order valence-electron chi connectivity index (χ0n) is 12.9. The molecule has 0 aliphatic heterocycles. The average molecular weight is 272 g/mol. The highest BCUT2D eigenvalue weighted by Gasteiger charge is 2.56. The number of allylic oxidation sites excluding steroid dienone is 3. The Hall–Kier alpha value is -0.720. The number of hydrogen-bond acceptors (Lipinski definition) is 1. The van der Waals surface area contributed by atoms with Crippen LogP contribution in [0.2, 0.25) is 0 Å². The Kier molecular flexibility index (Phi) is 2.69. The van der Waals surface area contributed by atoms with Gasteiger partial charge in [0.2, 0.25) is 0 Å². The summed E-state index contributed by atoms with van der Waals surface area (Å²) in [7, 11) is 0. The second kappa shape index (κ2) is 4.15. The summed E-state index contributed by atoms with van der Waals surface area (Å²) in [5.41, 5.74) is 0.958. The van der Waals surface area contributed by atoms with E-state index in [1.807, 2.05) is 6.08 Å². The molecule has 0 radical (unpaired) electrons. The van der Waals surface area contributed by atoms with Gasteiger partial charge in [0.15, 0.2) is 0 Å². The van der Waals surface area contributed by atoms with Crippen molar-refractivity contribution in [3.8, 4) is 0 Å². The van der Waals surface area contributed by atoms with E-state index in [-0.39, 0.29) is 0 Å². The summed E-state index contributed by atoms with van der Waals surface area (Å²) in [6, 6.07) is 0. The number of aliphatic hydroxyl groups excluding tert-OH is 1. The third kappa shape index (κ3) is 1.61. The molecule has 20 heavy (non-hydrogen) atoms. The summed E-state index contributed by atoms with van der Waals surface area (Å²) in [6.07, 6.45) is 16.4. The van der Waals surface area contributed by atoms with E-state index in [4.69, 9.17) is 0 Å². The third-order valence-corrected chi connectivity index (χ3v) is 7.61. The first-order valence-corrected chi connectivity index (χ1v) is 8.63. The van der Waals surface area contributed by atoms with Crippen molar-refractivity contribution in [1.29, 1.82) is 0 Å². The Bertz CT molecular complexity index is 476. The molecule has 4 rings (SSSR count). The molecule has 1 N–H and O–H groups in total. The summed E-state index contributed by atoms with van der Waals surface area (Å²) in [6.45, 7) is 5.03. The highest BCUT2D eigenvalue weighted by atomic mass is 16.3. The Balaban J connectivity index is 1.68. The topological polar surface area (TPSA) is 20.2 Å². The van der Waals surface area contributed by atoms with Gasteiger partial charge in [-0.15, -0.1) is 0 Å². The van der Waals surface area contributed by atoms with E-state index < -0.39 is 0 Å². The Labute approximate surface area is 123 Å². The first-order chi connectivity index (χ1) is 9.53. The molecule has 0 spiro atoms. The summed E-state index contributed by atoms with van der Waals surface area (Å²) < 4.78 is 0. The van der Waals surface area contributed by atoms with Gasteiger partial charge in [0, 0.05) is 0 Å². The molecule has 1 heteroatoms. The van der Waals surface area contributed by atoms with Crippen molar-refractivity contribution in [2.24, 2.45) is 34.5 Å². The normalized spacial score (nSPS) is 53.8. The molecule has 0 aromatic carbocycles. The highest BCUT2D eigenvalue weighted by molar-refractivity contribution is 5.26. The molecule has 0 bridgehead atoms. The summed E-state index contributed by atoms with van der Waals surface area (Å²) in [5.74, 6) is 3.83. The molecule has 0 heterocycles. The number of fused-ring (bicyclic) bond motifs is 5. The van der Waals surface area contributed by atoms with E-state index in [9.17, 15) is 5.11 Å². The van der Waals surface area contributed by atoms with Crippen LogP contribution in [0.1, 0.15) is 58.8 Å². The number of aliphatic hydroxyl groups is 1. The van der Waals surface area contributed by atoms with E-state index in [0.717, 1.165) is 17.8 Å². The molecule has 4 aliphatic rings. The van der Waals surface area contributed by atoms with Gasteiger partial charge in [-0.1, -0.05) is 26.3 Å². The average Bonchev–Trinajstić information content (AvgIpc) is 2.81. The Morgan fingerprint density at radius 3 is 2.75 bits per heavy atom. The van der Waals surface area contributed by atoms with Crippen LogP contribution in [-0.4, -0.2) is 5.11 Å². The van der Waals surface area contributed by atoms with Crippen molar-refractivity contribution >= 4 is 0 Å². The van der Waals surface area contributed by atoms with Crippen LogP contribution < -0.4 is 0 Å². The minimum absolute atomic E-state index is 0.305. The summed E-state index contributed by atoms with van der Waals surface area (Å²) >= 11 is 0. The van der Waals surface area contributed by atoms with Gasteiger partial charge >= 0.3 is 0 Å². The lowest BCUT2D eigenvalue weighted by atomic mass is 9.47. The zero-order valence-corrected chi connectivity index (χ0v) is 12.9. The van der Waals surface area contributed by atoms with Crippen molar-refractivity contribution in [1.82, 2.24) is 0 Å². The van der Waals surface area contributed by atoms with Crippen LogP contribution in [0, 0.1) is 34.5 Å². The van der Waals surface area contributed by atoms with Gasteiger partial charge < -0.3 is 5.11 Å². The van der Waals surface area contributed by atoms with Crippen LogP contribution in [0.5, 0.6) is 0 Å². The van der Waals surface area contributed by atoms with Crippen LogP contribution in [0.15, 0.2) is 24.0 Å². The Morgan fingerprint density at radius 1 is 1.05 bits per heavy atom. The van der Waals surface area contributed by atoms with Crippen molar-refractivity contribution in [2.75, 3.05) is 0 Å². The lowest BCUT2D eigenvalue weighted by Gasteiger charge is -2.57. The van der Waals surface area contributed by atoms with Crippen molar-refractivity contribution in [2.45, 2.75) is 58.8 Å². The van der Waals surface area contributed by atoms with Crippen molar-refractivity contribution in [3.63, 3.8) is 0 Å². The van der Waals surface area contributed by atoms with Gasteiger partial charge in [-0.05, 0) is 85.2 Å². The van der Waals surface area contributed by atoms with Crippen molar-refractivity contribution in [3.05, 3.63) is 24.0 Å². The molecule has 3 saturated carbocycles. The smallest absolute Gasteiger partial charge is 0.111 e. The maximum absolute atomic E-state index is 9.82. The van der Waals surface area contributed by atoms with Gasteiger partial charge in [-0.3, -0.25) is 0 Å². The van der Waals surface area contributed by atoms with Gasteiger partial charge in [-0.2, -0.15) is 0 Å². The molecule has 110 valence electrons. The summed E-state index contributed by atoms with van der Waals surface area (Å²) in [5, 5.41) is 9.82. The standard InChI is InChI=1S/C19H28O/c1-18-9-3-4-16(18)15-6-5-13-12-14(20)7-11-19(13,2)17(15)8-10-18/h7,11-13,15-17,20H,3-6,8-10H2,1-2H3/t13-,15-,16-,17-,18-,19-/m0/s1. The maximum atomic E-state index is 9.82. The SMILES string of the molecule is C[C@@]12CCC[C@H]1[C@@H]1CC[C@H]3C=C(O)C=C[C@]3(C)[C@H]1CC2. The fourth-order valence-electron chi connectivity index (χ4n) is 6.45. The van der Waals surface area contributed by atoms with E-state index in [2.05, 4.69) is 26.0 Å². The fraction of sp³-hybridized carbons (Fsp3) is 0.789. The quantitative estimate of drug-likeness (QED) is 0.638. The largest absolute Gasteiger partial charge is 0.508 e. The molecular formula is C19H28O. The third-order valence-electron chi connectivity index (χ3n) is 7.61. The van der Waals surface area contributed by atoms with Crippen LogP contribution >= 0.6 is 0 Å². The molecule has 4 aliphatic carbocycles. The van der Waals surface area contributed by atoms with Gasteiger partial charge in [0.25, 0.3) is 0 Å². The van der Waals surface area contributed by atoms with E-state index in [1.54, 1.807) is 0 Å². The van der Waals surface area contributed by atoms with Gasteiger partial charge in [0.05, 0.1) is 0 Å². The van der Waals surface area contributed by atoms with Crippen LogP contribution in [0.3, 0.4) is 0 Å². The number of rotatable bonds is 0. The summed E-state index contributed by atoms with van der Waals surface area (Å²) in [4.78, 5) is 0. The second-order valence-corrected chi connectivity index (χ2v) is 8.44. The minimum atomic E-state index is 0.305. The number of hydrogen-bond donors (Lipinski definition) is 1. The first-order valence-electron chi connectivity index (χ1n) is 8.63. The highest BCUT2D eigenvalue weighted by Crippen LogP contribution is 2.64. The first kappa shape index (κ1) is 13.0. The Morgan fingerprint density at radius 2 is 1.90 bits per heavy atom. The lowest BCUT2D eigenvalue weighted by Crippen LogP contribution is -2.50. The molecule has 6 atom stereocenters. The maximum Gasteiger partial charge on any atom is 0.111 e. The second-order valence-electron chi connectivity index (χ2n) is 8.44. The van der Waals surface area contributed by atoms with E-state index in [1.165, 1.54) is 44.9 Å². The molecular weight excluding hydrogens is 244 g/mol. The molecule has 0 unspecified atom stereocenters. The molecule has 3 fully saturated rings. The van der Waals surface area contributed by atoms with E-state index >= 15 is 0 Å². The van der Waals surface area contributed by atoms with Crippen LogP contribution in [0.25, 0.3) is 0 Å². The van der Waals surface area contributed by atoms with Gasteiger partial charge in [-0.25, -0.2) is 0 Å². The molecule has 0 aromatic heterocycles. The molecule has 0 saturated heterocycles. The molecule has 1 nitrogen and oxygen atoms in total. The predicted molar refractivity (Wildman–Crippen MR) is 82.3 cm³/mol. The van der Waals surface area contributed by atoms with Gasteiger partial charge in [0.1, 0.15) is 5.76 Å². The lowest BCUT2D eigenvalue weighted by molar-refractivity contribution is -0.0548. The van der Waals surface area contributed by atoms with Crippen LogP contribution in [0.4, 0.5) is 0 Å². The monoisotopic (exact) mass is 272 g/mol. The van der Waals surface area contributed by atoms with Crippen molar-refractivity contribution < 1.29 is 5.11 Å². The fourth-order valence-corrected chi connectivity index (χ4v) is 6.45. The minimum Gasteiger partial charge on any atom is -0.508 e. The molecule has 0 amide bonds. The van der Waals surface area contributed by atoms with Crippen LogP contribution in [-0.2, 0) is 0 Å². The van der Waals surface area contributed by atoms with E-state index in [0.29, 0.717) is 22.5 Å².